The Labute approximate surface area is 141 Å². The molecular formula is C15H32IN3O. The molecule has 0 bridgehead atoms. The Balaban J connectivity index is 0. The fourth-order valence-corrected chi connectivity index (χ4v) is 1.68. The molecule has 0 aromatic heterocycles. The molecule has 120 valence electrons. The highest BCUT2D eigenvalue weighted by atomic mass is 127. The number of halogens is 1. The van der Waals surface area contributed by atoms with Crippen molar-refractivity contribution >= 4 is 29.9 Å². The molecular weight excluding hydrogens is 365 g/mol. The largest absolute Gasteiger partial charge is 0.375 e. The molecule has 0 saturated heterocycles. The maximum Gasteiger partial charge on any atom is 0.188 e. The highest BCUT2D eigenvalue weighted by Crippen LogP contribution is 2.07. The van der Waals surface area contributed by atoms with E-state index in [1.165, 1.54) is 12.8 Å². The number of nitrogens with two attached hydrogens (primary N) is 1. The molecule has 3 N–H and O–H groups in total. The minimum absolute atomic E-state index is 0. The smallest absolute Gasteiger partial charge is 0.188 e. The zero-order chi connectivity index (χ0) is 14.7. The highest BCUT2D eigenvalue weighted by molar-refractivity contribution is 14.0. The van der Waals surface area contributed by atoms with Crippen LogP contribution in [0.1, 0.15) is 47.0 Å². The number of guanidine groups is 1. The topological polar surface area (TPSA) is 59.6 Å². The molecule has 0 rings (SSSR count). The molecule has 0 saturated carbocycles. The Morgan fingerprint density at radius 2 is 1.95 bits per heavy atom. The fourth-order valence-electron chi connectivity index (χ4n) is 1.68. The summed E-state index contributed by atoms with van der Waals surface area (Å²) in [6.45, 7) is 14.1. The summed E-state index contributed by atoms with van der Waals surface area (Å²) in [5.41, 5.74) is 6.84. The van der Waals surface area contributed by atoms with Crippen LogP contribution in [0.5, 0.6) is 0 Å². The van der Waals surface area contributed by atoms with Crippen LogP contribution in [-0.4, -0.2) is 31.8 Å². The van der Waals surface area contributed by atoms with Crippen LogP contribution in [0.15, 0.2) is 17.1 Å². The molecule has 0 fully saturated rings. The van der Waals surface area contributed by atoms with E-state index in [-0.39, 0.29) is 24.0 Å². The lowest BCUT2D eigenvalue weighted by Gasteiger charge is -2.15. The SMILES string of the molecule is C=C(C)COCCN=C(N)NC(C)CCCC(C)C.I. The predicted octanol–water partition coefficient (Wildman–Crippen LogP) is 3.32. The van der Waals surface area contributed by atoms with Crippen LogP contribution in [0.2, 0.25) is 0 Å². The summed E-state index contributed by atoms with van der Waals surface area (Å²) in [5, 5.41) is 3.21. The zero-order valence-electron chi connectivity index (χ0n) is 13.4. The van der Waals surface area contributed by atoms with E-state index >= 15 is 0 Å². The number of hydrogen-bond acceptors (Lipinski definition) is 2. The Kier molecular flexibility index (Phi) is 15.0. The van der Waals surface area contributed by atoms with Crippen LogP contribution in [0.25, 0.3) is 0 Å². The van der Waals surface area contributed by atoms with Gasteiger partial charge in [0, 0.05) is 6.04 Å². The van der Waals surface area contributed by atoms with Crippen molar-refractivity contribution in [2.45, 2.75) is 53.0 Å². The molecule has 0 aliphatic heterocycles. The summed E-state index contributed by atoms with van der Waals surface area (Å²) in [6, 6.07) is 0.374. The maximum absolute atomic E-state index is 5.81. The van der Waals surface area contributed by atoms with Crippen LogP contribution in [0.3, 0.4) is 0 Å². The quantitative estimate of drug-likeness (QED) is 0.196. The summed E-state index contributed by atoms with van der Waals surface area (Å²) < 4.78 is 5.35. The highest BCUT2D eigenvalue weighted by Gasteiger charge is 2.03. The van der Waals surface area contributed by atoms with Gasteiger partial charge in [-0.15, -0.1) is 24.0 Å². The Morgan fingerprint density at radius 1 is 1.30 bits per heavy atom. The lowest BCUT2D eigenvalue weighted by atomic mass is 10.0. The van der Waals surface area contributed by atoms with Crippen molar-refractivity contribution in [3.63, 3.8) is 0 Å². The van der Waals surface area contributed by atoms with Gasteiger partial charge in [0.25, 0.3) is 0 Å². The molecule has 1 unspecified atom stereocenters. The van der Waals surface area contributed by atoms with Gasteiger partial charge in [0.1, 0.15) is 0 Å². The molecule has 0 radical (unpaired) electrons. The van der Waals surface area contributed by atoms with E-state index in [0.29, 0.717) is 31.8 Å². The normalized spacial score (nSPS) is 12.9. The first kappa shape index (κ1) is 22.0. The van der Waals surface area contributed by atoms with Gasteiger partial charge in [0.2, 0.25) is 0 Å². The summed E-state index contributed by atoms with van der Waals surface area (Å²) >= 11 is 0. The first-order chi connectivity index (χ1) is 8.91. The van der Waals surface area contributed by atoms with Gasteiger partial charge < -0.3 is 15.8 Å². The molecule has 0 aromatic carbocycles. The number of aliphatic imine (C=N–C) groups is 1. The van der Waals surface area contributed by atoms with Gasteiger partial charge in [-0.2, -0.15) is 0 Å². The average molecular weight is 397 g/mol. The molecule has 0 heterocycles. The second kappa shape index (κ2) is 13.7. The summed E-state index contributed by atoms with van der Waals surface area (Å²) in [6.07, 6.45) is 3.61. The van der Waals surface area contributed by atoms with Crippen LogP contribution in [0.4, 0.5) is 0 Å². The average Bonchev–Trinajstić information content (AvgIpc) is 2.27. The fraction of sp³-hybridized carbons (Fsp3) is 0.800. The van der Waals surface area contributed by atoms with Gasteiger partial charge in [-0.25, -0.2) is 0 Å². The maximum atomic E-state index is 5.81. The van der Waals surface area contributed by atoms with E-state index in [9.17, 15) is 0 Å². The Bertz CT molecular complexity index is 280. The lowest BCUT2D eigenvalue weighted by molar-refractivity contribution is 0.164. The van der Waals surface area contributed by atoms with Crippen LogP contribution >= 0.6 is 24.0 Å². The predicted molar refractivity (Wildman–Crippen MR) is 98.8 cm³/mol. The van der Waals surface area contributed by atoms with Gasteiger partial charge >= 0.3 is 0 Å². The minimum Gasteiger partial charge on any atom is -0.375 e. The van der Waals surface area contributed by atoms with Crippen LogP contribution in [-0.2, 0) is 4.74 Å². The van der Waals surface area contributed by atoms with Gasteiger partial charge in [0.05, 0.1) is 19.8 Å². The van der Waals surface area contributed by atoms with Crippen LogP contribution < -0.4 is 11.1 Å². The standard InChI is InChI=1S/C15H31N3O.HI/c1-12(2)7-6-8-14(5)18-15(16)17-9-10-19-11-13(3)4;/h12,14H,3,6-11H2,1-2,4-5H3,(H3,16,17,18);1H. The first-order valence-electron chi connectivity index (χ1n) is 7.20. The number of nitrogens with one attached hydrogen (secondary N) is 1. The van der Waals surface area contributed by atoms with Gasteiger partial charge in [-0.05, 0) is 26.2 Å². The van der Waals surface area contributed by atoms with E-state index in [1.54, 1.807) is 0 Å². The molecule has 0 aromatic rings. The Morgan fingerprint density at radius 3 is 2.50 bits per heavy atom. The summed E-state index contributed by atoms with van der Waals surface area (Å²) in [4.78, 5) is 4.23. The molecule has 0 spiro atoms. The molecule has 4 nitrogen and oxygen atoms in total. The van der Waals surface area contributed by atoms with E-state index in [4.69, 9.17) is 10.5 Å². The van der Waals surface area contributed by atoms with Gasteiger partial charge in [0.15, 0.2) is 5.96 Å². The molecule has 0 aliphatic carbocycles. The van der Waals surface area contributed by atoms with Crippen LogP contribution in [0, 0.1) is 5.92 Å². The molecule has 1 atom stereocenters. The van der Waals surface area contributed by atoms with Crippen molar-refractivity contribution in [2.75, 3.05) is 19.8 Å². The third kappa shape index (κ3) is 15.8. The van der Waals surface area contributed by atoms with Gasteiger partial charge in [-0.3, -0.25) is 4.99 Å². The molecule has 20 heavy (non-hydrogen) atoms. The number of hydrogen-bond donors (Lipinski definition) is 2. The van der Waals surface area contributed by atoms with Crippen molar-refractivity contribution in [1.29, 1.82) is 0 Å². The van der Waals surface area contributed by atoms with E-state index < -0.39 is 0 Å². The second-order valence-corrected chi connectivity index (χ2v) is 5.65. The second-order valence-electron chi connectivity index (χ2n) is 5.65. The lowest BCUT2D eigenvalue weighted by Crippen LogP contribution is -2.38. The van der Waals surface area contributed by atoms with Crippen molar-refractivity contribution < 1.29 is 4.74 Å². The van der Waals surface area contributed by atoms with Crippen molar-refractivity contribution in [1.82, 2.24) is 5.32 Å². The molecule has 5 heteroatoms. The van der Waals surface area contributed by atoms with Crippen molar-refractivity contribution in [2.24, 2.45) is 16.6 Å². The monoisotopic (exact) mass is 397 g/mol. The zero-order valence-corrected chi connectivity index (χ0v) is 15.8. The number of rotatable bonds is 10. The Hall–Kier alpha value is -0.300. The third-order valence-corrected chi connectivity index (χ3v) is 2.68. The summed E-state index contributed by atoms with van der Waals surface area (Å²) in [7, 11) is 0. The minimum atomic E-state index is 0. The first-order valence-corrected chi connectivity index (χ1v) is 7.20. The van der Waals surface area contributed by atoms with Crippen molar-refractivity contribution in [3.05, 3.63) is 12.2 Å². The van der Waals surface area contributed by atoms with Gasteiger partial charge in [-0.1, -0.05) is 38.8 Å². The van der Waals surface area contributed by atoms with E-state index in [1.807, 2.05) is 6.92 Å². The van der Waals surface area contributed by atoms with E-state index in [0.717, 1.165) is 17.9 Å². The number of ether oxygens (including phenoxy) is 1. The van der Waals surface area contributed by atoms with Crippen molar-refractivity contribution in [3.8, 4) is 0 Å². The molecule has 0 aliphatic rings. The number of nitrogens with zero attached hydrogens (tertiary/aromatic N) is 1. The third-order valence-electron chi connectivity index (χ3n) is 2.68. The summed E-state index contributed by atoms with van der Waals surface area (Å²) in [5.74, 6) is 1.28. The van der Waals surface area contributed by atoms with E-state index in [2.05, 4.69) is 37.7 Å². The molecule has 0 amide bonds.